The summed E-state index contributed by atoms with van der Waals surface area (Å²) in [5.41, 5.74) is 0.725. The predicted molar refractivity (Wildman–Crippen MR) is 94.0 cm³/mol. The highest BCUT2D eigenvalue weighted by Gasteiger charge is 2.15. The molecule has 0 heterocycles. The molecule has 1 aromatic carbocycles. The van der Waals surface area contributed by atoms with Crippen molar-refractivity contribution in [2.45, 2.75) is 38.1 Å². The Morgan fingerprint density at radius 1 is 1.13 bits per heavy atom. The third-order valence-electron chi connectivity index (χ3n) is 3.75. The number of hydrogen-bond acceptors (Lipinski definition) is 4. The summed E-state index contributed by atoms with van der Waals surface area (Å²) in [5.74, 6) is 0.943. The second-order valence-electron chi connectivity index (χ2n) is 5.70. The molecule has 0 aliphatic heterocycles. The van der Waals surface area contributed by atoms with E-state index in [0.29, 0.717) is 17.5 Å². The molecule has 1 saturated carbocycles. The number of carbonyl (C=O) groups is 2. The van der Waals surface area contributed by atoms with E-state index in [1.54, 1.807) is 24.3 Å². The number of amides is 2. The molecule has 6 heteroatoms. The van der Waals surface area contributed by atoms with Crippen molar-refractivity contribution in [1.82, 2.24) is 5.32 Å². The molecule has 2 amide bonds. The molecule has 1 aliphatic rings. The van der Waals surface area contributed by atoms with Crippen LogP contribution in [0, 0.1) is 0 Å². The van der Waals surface area contributed by atoms with E-state index >= 15 is 0 Å². The average molecular weight is 336 g/mol. The lowest BCUT2D eigenvalue weighted by molar-refractivity contribution is -0.124. The van der Waals surface area contributed by atoms with Crippen LogP contribution in [0.3, 0.4) is 0 Å². The van der Waals surface area contributed by atoms with Gasteiger partial charge in [-0.2, -0.15) is 11.8 Å². The summed E-state index contributed by atoms with van der Waals surface area (Å²) < 4.78 is 5.49. The largest absolute Gasteiger partial charge is 0.484 e. The number of rotatable bonds is 7. The Morgan fingerprint density at radius 3 is 2.48 bits per heavy atom. The van der Waals surface area contributed by atoms with E-state index in [2.05, 4.69) is 10.6 Å². The maximum absolute atomic E-state index is 11.9. The lowest BCUT2D eigenvalue weighted by Gasteiger charge is -2.22. The molecule has 0 saturated heterocycles. The first-order chi connectivity index (χ1) is 11.2. The van der Waals surface area contributed by atoms with Gasteiger partial charge in [-0.1, -0.05) is 19.3 Å². The molecule has 1 aliphatic carbocycles. The summed E-state index contributed by atoms with van der Waals surface area (Å²) in [7, 11) is 0. The number of anilines is 1. The quantitative estimate of drug-likeness (QED) is 0.803. The van der Waals surface area contributed by atoms with Gasteiger partial charge in [0.15, 0.2) is 6.61 Å². The molecule has 0 radical (unpaired) electrons. The summed E-state index contributed by atoms with van der Waals surface area (Å²) >= 11 is 1.48. The van der Waals surface area contributed by atoms with Gasteiger partial charge in [-0.15, -0.1) is 0 Å². The minimum absolute atomic E-state index is 0.0225. The number of carbonyl (C=O) groups excluding carboxylic acids is 2. The van der Waals surface area contributed by atoms with Crippen molar-refractivity contribution in [2.75, 3.05) is 23.9 Å². The molecule has 5 nitrogen and oxygen atoms in total. The fourth-order valence-electron chi connectivity index (χ4n) is 2.63. The van der Waals surface area contributed by atoms with Gasteiger partial charge in [-0.25, -0.2) is 0 Å². The topological polar surface area (TPSA) is 67.4 Å². The van der Waals surface area contributed by atoms with Gasteiger partial charge in [0, 0.05) is 11.7 Å². The van der Waals surface area contributed by atoms with Crippen LogP contribution in [-0.4, -0.2) is 36.5 Å². The highest BCUT2D eigenvalue weighted by molar-refractivity contribution is 7.99. The highest BCUT2D eigenvalue weighted by Crippen LogP contribution is 2.18. The molecule has 1 aromatic rings. The fourth-order valence-corrected chi connectivity index (χ4v) is 2.96. The molecule has 0 atom stereocenters. The van der Waals surface area contributed by atoms with Crippen molar-refractivity contribution in [3.63, 3.8) is 0 Å². The second-order valence-corrected chi connectivity index (χ2v) is 6.56. The summed E-state index contributed by atoms with van der Waals surface area (Å²) in [5, 5.41) is 5.81. The van der Waals surface area contributed by atoms with Crippen LogP contribution in [-0.2, 0) is 9.59 Å². The van der Waals surface area contributed by atoms with E-state index in [4.69, 9.17) is 4.74 Å². The summed E-state index contributed by atoms with van der Waals surface area (Å²) in [4.78, 5) is 23.4. The number of benzene rings is 1. The van der Waals surface area contributed by atoms with Gasteiger partial charge in [0.1, 0.15) is 5.75 Å². The van der Waals surface area contributed by atoms with E-state index in [0.717, 1.165) is 18.5 Å². The van der Waals surface area contributed by atoms with Crippen molar-refractivity contribution < 1.29 is 14.3 Å². The minimum Gasteiger partial charge on any atom is -0.484 e. The van der Waals surface area contributed by atoms with Crippen molar-refractivity contribution in [3.8, 4) is 5.75 Å². The SMILES string of the molecule is CSCC(=O)Nc1ccc(OCC(=O)NC2CCCCC2)cc1. The van der Waals surface area contributed by atoms with Crippen LogP contribution in [0.25, 0.3) is 0 Å². The third kappa shape index (κ3) is 6.52. The number of thioether (sulfide) groups is 1. The van der Waals surface area contributed by atoms with Gasteiger partial charge in [-0.3, -0.25) is 9.59 Å². The first kappa shape index (κ1) is 17.7. The lowest BCUT2D eigenvalue weighted by Crippen LogP contribution is -2.38. The zero-order chi connectivity index (χ0) is 16.5. The highest BCUT2D eigenvalue weighted by atomic mass is 32.2. The monoisotopic (exact) mass is 336 g/mol. The van der Waals surface area contributed by atoms with Crippen LogP contribution in [0.1, 0.15) is 32.1 Å². The molecular formula is C17H24N2O3S. The van der Waals surface area contributed by atoms with Crippen molar-refractivity contribution >= 4 is 29.3 Å². The Morgan fingerprint density at radius 2 is 1.83 bits per heavy atom. The normalized spacial score (nSPS) is 15.0. The fraction of sp³-hybridized carbons (Fsp3) is 0.529. The molecule has 1 fully saturated rings. The Balaban J connectivity index is 1.72. The molecule has 2 N–H and O–H groups in total. The van der Waals surface area contributed by atoms with Crippen LogP contribution in [0.4, 0.5) is 5.69 Å². The van der Waals surface area contributed by atoms with E-state index < -0.39 is 0 Å². The lowest BCUT2D eigenvalue weighted by atomic mass is 9.95. The maximum atomic E-state index is 11.9. The van der Waals surface area contributed by atoms with Crippen molar-refractivity contribution in [1.29, 1.82) is 0 Å². The molecule has 126 valence electrons. The summed E-state index contributed by atoms with van der Waals surface area (Å²) in [6.07, 6.45) is 7.66. The van der Waals surface area contributed by atoms with Gasteiger partial charge in [-0.05, 0) is 43.4 Å². The van der Waals surface area contributed by atoms with E-state index in [1.165, 1.54) is 31.0 Å². The van der Waals surface area contributed by atoms with Crippen LogP contribution in [0.15, 0.2) is 24.3 Å². The first-order valence-electron chi connectivity index (χ1n) is 7.98. The smallest absolute Gasteiger partial charge is 0.258 e. The van der Waals surface area contributed by atoms with E-state index in [1.807, 2.05) is 6.26 Å². The van der Waals surface area contributed by atoms with Crippen molar-refractivity contribution in [3.05, 3.63) is 24.3 Å². The van der Waals surface area contributed by atoms with Gasteiger partial charge in [0.05, 0.1) is 5.75 Å². The molecule has 0 aromatic heterocycles. The minimum atomic E-state index is -0.0748. The molecule has 0 bridgehead atoms. The van der Waals surface area contributed by atoms with Crippen LogP contribution in [0.2, 0.25) is 0 Å². The summed E-state index contributed by atoms with van der Waals surface area (Å²) in [6, 6.07) is 7.35. The molecule has 2 rings (SSSR count). The Bertz CT molecular complexity index is 513. The molecular weight excluding hydrogens is 312 g/mol. The van der Waals surface area contributed by atoms with E-state index in [-0.39, 0.29) is 18.4 Å². The van der Waals surface area contributed by atoms with Crippen molar-refractivity contribution in [2.24, 2.45) is 0 Å². The molecule has 23 heavy (non-hydrogen) atoms. The second kappa shape index (κ2) is 9.45. The van der Waals surface area contributed by atoms with Crippen LogP contribution >= 0.6 is 11.8 Å². The van der Waals surface area contributed by atoms with Crippen LogP contribution < -0.4 is 15.4 Å². The Hall–Kier alpha value is -1.69. The average Bonchev–Trinajstić information content (AvgIpc) is 2.55. The maximum Gasteiger partial charge on any atom is 0.258 e. The number of ether oxygens (including phenoxy) is 1. The third-order valence-corrected chi connectivity index (χ3v) is 4.30. The Kier molecular flexibility index (Phi) is 7.26. The molecule has 0 unspecified atom stereocenters. The zero-order valence-corrected chi connectivity index (χ0v) is 14.3. The Labute approximate surface area is 141 Å². The zero-order valence-electron chi connectivity index (χ0n) is 13.5. The number of nitrogens with one attached hydrogen (secondary N) is 2. The van der Waals surface area contributed by atoms with Gasteiger partial charge in [0.25, 0.3) is 5.91 Å². The van der Waals surface area contributed by atoms with Gasteiger partial charge >= 0.3 is 0 Å². The number of hydrogen-bond donors (Lipinski definition) is 2. The van der Waals surface area contributed by atoms with Crippen LogP contribution in [0.5, 0.6) is 5.75 Å². The van der Waals surface area contributed by atoms with E-state index in [9.17, 15) is 9.59 Å². The van der Waals surface area contributed by atoms with Gasteiger partial charge in [0.2, 0.25) is 5.91 Å². The predicted octanol–water partition coefficient (Wildman–Crippen LogP) is 2.82. The first-order valence-corrected chi connectivity index (χ1v) is 9.38. The molecule has 0 spiro atoms. The van der Waals surface area contributed by atoms with Gasteiger partial charge < -0.3 is 15.4 Å². The standard InChI is InChI=1S/C17H24N2O3S/c1-23-12-17(21)19-14-7-9-15(10-8-14)22-11-16(20)18-13-5-3-2-4-6-13/h7-10,13H,2-6,11-12H2,1H3,(H,18,20)(H,19,21). The summed E-state index contributed by atoms with van der Waals surface area (Å²) in [6.45, 7) is 0.0225.